The standard InChI is InChI=1S/C15H31NO/c1-12(2)10-16-11-14(13(3)4)7-8-15-6-5-9-17-15/h12-16H,5-11H2,1-4H3. The van der Waals surface area contributed by atoms with E-state index in [9.17, 15) is 0 Å². The molecular weight excluding hydrogens is 210 g/mol. The molecule has 2 unspecified atom stereocenters. The molecule has 1 aliphatic heterocycles. The van der Waals surface area contributed by atoms with Crippen LogP contribution in [0.2, 0.25) is 0 Å². The predicted molar refractivity (Wildman–Crippen MR) is 74.2 cm³/mol. The number of ether oxygens (including phenoxy) is 1. The molecule has 1 heterocycles. The fraction of sp³-hybridized carbons (Fsp3) is 1.00. The van der Waals surface area contributed by atoms with Gasteiger partial charge in [-0.3, -0.25) is 0 Å². The highest BCUT2D eigenvalue weighted by Gasteiger charge is 2.19. The molecule has 102 valence electrons. The van der Waals surface area contributed by atoms with Crippen molar-refractivity contribution in [2.24, 2.45) is 17.8 Å². The van der Waals surface area contributed by atoms with E-state index in [1.807, 2.05) is 0 Å². The molecule has 2 heteroatoms. The lowest BCUT2D eigenvalue weighted by Gasteiger charge is -2.23. The van der Waals surface area contributed by atoms with Gasteiger partial charge in [-0.1, -0.05) is 27.7 Å². The Morgan fingerprint density at radius 2 is 1.94 bits per heavy atom. The molecule has 2 atom stereocenters. The highest BCUT2D eigenvalue weighted by Crippen LogP contribution is 2.23. The minimum Gasteiger partial charge on any atom is -0.378 e. The zero-order valence-corrected chi connectivity index (χ0v) is 12.2. The van der Waals surface area contributed by atoms with E-state index in [-0.39, 0.29) is 0 Å². The van der Waals surface area contributed by atoms with E-state index in [0.29, 0.717) is 6.10 Å². The average Bonchev–Trinajstić information content (AvgIpc) is 2.74. The number of hydrogen-bond donors (Lipinski definition) is 1. The molecule has 2 nitrogen and oxygen atoms in total. The number of nitrogens with one attached hydrogen (secondary N) is 1. The average molecular weight is 241 g/mol. The molecule has 0 saturated carbocycles. The first-order chi connectivity index (χ1) is 8.09. The lowest BCUT2D eigenvalue weighted by Crippen LogP contribution is -2.29. The second-order valence-electron chi connectivity index (χ2n) is 6.27. The first kappa shape index (κ1) is 15.0. The summed E-state index contributed by atoms with van der Waals surface area (Å²) >= 11 is 0. The van der Waals surface area contributed by atoms with Gasteiger partial charge < -0.3 is 10.1 Å². The maximum atomic E-state index is 5.71. The molecule has 17 heavy (non-hydrogen) atoms. The fourth-order valence-corrected chi connectivity index (χ4v) is 2.50. The number of rotatable bonds is 8. The van der Waals surface area contributed by atoms with Gasteiger partial charge >= 0.3 is 0 Å². The van der Waals surface area contributed by atoms with Crippen molar-refractivity contribution in [3.05, 3.63) is 0 Å². The fourth-order valence-electron chi connectivity index (χ4n) is 2.50. The van der Waals surface area contributed by atoms with Gasteiger partial charge in [0.1, 0.15) is 0 Å². The summed E-state index contributed by atoms with van der Waals surface area (Å²) in [5.41, 5.74) is 0. The summed E-state index contributed by atoms with van der Waals surface area (Å²) in [6.07, 6.45) is 5.67. The van der Waals surface area contributed by atoms with E-state index in [1.54, 1.807) is 0 Å². The molecule has 0 aromatic heterocycles. The summed E-state index contributed by atoms with van der Waals surface area (Å²) in [6, 6.07) is 0. The van der Waals surface area contributed by atoms with E-state index in [0.717, 1.165) is 30.9 Å². The first-order valence-electron chi connectivity index (χ1n) is 7.42. The summed E-state index contributed by atoms with van der Waals surface area (Å²) in [7, 11) is 0. The zero-order valence-electron chi connectivity index (χ0n) is 12.2. The highest BCUT2D eigenvalue weighted by molar-refractivity contribution is 4.71. The van der Waals surface area contributed by atoms with Gasteiger partial charge in [-0.05, 0) is 56.5 Å². The van der Waals surface area contributed by atoms with E-state index < -0.39 is 0 Å². The molecule has 0 bridgehead atoms. The molecular formula is C15H31NO. The minimum absolute atomic E-state index is 0.557. The van der Waals surface area contributed by atoms with Crippen LogP contribution in [0.15, 0.2) is 0 Å². The lowest BCUT2D eigenvalue weighted by atomic mass is 9.89. The Bertz CT molecular complexity index is 185. The van der Waals surface area contributed by atoms with Gasteiger partial charge in [0.15, 0.2) is 0 Å². The van der Waals surface area contributed by atoms with E-state index in [4.69, 9.17) is 4.74 Å². The highest BCUT2D eigenvalue weighted by atomic mass is 16.5. The van der Waals surface area contributed by atoms with Crippen molar-refractivity contribution in [2.75, 3.05) is 19.7 Å². The molecule has 1 saturated heterocycles. The van der Waals surface area contributed by atoms with Gasteiger partial charge in [0.2, 0.25) is 0 Å². The predicted octanol–water partition coefficient (Wildman–Crippen LogP) is 3.46. The maximum Gasteiger partial charge on any atom is 0.0576 e. The third-order valence-electron chi connectivity index (χ3n) is 3.79. The molecule has 0 aliphatic carbocycles. The molecule has 1 N–H and O–H groups in total. The van der Waals surface area contributed by atoms with Crippen molar-refractivity contribution in [3.63, 3.8) is 0 Å². The van der Waals surface area contributed by atoms with Crippen molar-refractivity contribution in [1.29, 1.82) is 0 Å². The minimum atomic E-state index is 0.557. The van der Waals surface area contributed by atoms with Gasteiger partial charge in [-0.2, -0.15) is 0 Å². The Hall–Kier alpha value is -0.0800. The van der Waals surface area contributed by atoms with E-state index >= 15 is 0 Å². The van der Waals surface area contributed by atoms with Gasteiger partial charge in [-0.15, -0.1) is 0 Å². The summed E-state index contributed by atoms with van der Waals surface area (Å²) in [5.74, 6) is 2.33. The van der Waals surface area contributed by atoms with Crippen LogP contribution in [0.25, 0.3) is 0 Å². The number of hydrogen-bond acceptors (Lipinski definition) is 2. The molecule has 0 spiro atoms. The van der Waals surface area contributed by atoms with Crippen LogP contribution >= 0.6 is 0 Å². The van der Waals surface area contributed by atoms with Crippen LogP contribution in [0.4, 0.5) is 0 Å². The summed E-state index contributed by atoms with van der Waals surface area (Å²) < 4.78 is 5.71. The maximum absolute atomic E-state index is 5.71. The summed E-state index contributed by atoms with van der Waals surface area (Å²) in [6.45, 7) is 12.5. The van der Waals surface area contributed by atoms with Crippen LogP contribution in [0.1, 0.15) is 53.4 Å². The summed E-state index contributed by atoms with van der Waals surface area (Å²) in [5, 5.41) is 3.60. The third-order valence-corrected chi connectivity index (χ3v) is 3.79. The topological polar surface area (TPSA) is 21.3 Å². The van der Waals surface area contributed by atoms with Crippen molar-refractivity contribution in [3.8, 4) is 0 Å². The molecule has 0 aromatic rings. The SMILES string of the molecule is CC(C)CNCC(CCC1CCCO1)C(C)C. The summed E-state index contributed by atoms with van der Waals surface area (Å²) in [4.78, 5) is 0. The Morgan fingerprint density at radius 1 is 1.18 bits per heavy atom. The second kappa shape index (κ2) is 8.10. The van der Waals surface area contributed by atoms with Gasteiger partial charge in [0.05, 0.1) is 6.10 Å². The van der Waals surface area contributed by atoms with Crippen molar-refractivity contribution >= 4 is 0 Å². The van der Waals surface area contributed by atoms with E-state index in [1.165, 1.54) is 32.2 Å². The Labute approximate surface area is 108 Å². The molecule has 1 aliphatic rings. The van der Waals surface area contributed by atoms with E-state index in [2.05, 4.69) is 33.0 Å². The lowest BCUT2D eigenvalue weighted by molar-refractivity contribution is 0.0953. The first-order valence-corrected chi connectivity index (χ1v) is 7.42. The molecule has 1 rings (SSSR count). The van der Waals surface area contributed by atoms with Crippen molar-refractivity contribution in [1.82, 2.24) is 5.32 Å². The third kappa shape index (κ3) is 6.42. The van der Waals surface area contributed by atoms with Gasteiger partial charge in [0, 0.05) is 6.61 Å². The largest absolute Gasteiger partial charge is 0.378 e. The van der Waals surface area contributed by atoms with Crippen LogP contribution in [0, 0.1) is 17.8 Å². The Balaban J connectivity index is 2.17. The van der Waals surface area contributed by atoms with Crippen LogP contribution in [-0.4, -0.2) is 25.8 Å². The van der Waals surface area contributed by atoms with Crippen LogP contribution in [-0.2, 0) is 4.74 Å². The normalized spacial score (nSPS) is 22.6. The van der Waals surface area contributed by atoms with Gasteiger partial charge in [-0.25, -0.2) is 0 Å². The van der Waals surface area contributed by atoms with Gasteiger partial charge in [0.25, 0.3) is 0 Å². The second-order valence-corrected chi connectivity index (χ2v) is 6.27. The Kier molecular flexibility index (Phi) is 7.14. The zero-order chi connectivity index (χ0) is 12.7. The quantitative estimate of drug-likeness (QED) is 0.702. The molecule has 0 amide bonds. The monoisotopic (exact) mass is 241 g/mol. The van der Waals surface area contributed by atoms with Crippen LogP contribution < -0.4 is 5.32 Å². The molecule has 1 fully saturated rings. The Morgan fingerprint density at radius 3 is 2.47 bits per heavy atom. The van der Waals surface area contributed by atoms with Crippen molar-refractivity contribution in [2.45, 2.75) is 59.5 Å². The molecule has 0 radical (unpaired) electrons. The molecule has 0 aromatic carbocycles. The van der Waals surface area contributed by atoms with Crippen LogP contribution in [0.5, 0.6) is 0 Å². The van der Waals surface area contributed by atoms with Crippen LogP contribution in [0.3, 0.4) is 0 Å². The smallest absolute Gasteiger partial charge is 0.0576 e. The van der Waals surface area contributed by atoms with Crippen molar-refractivity contribution < 1.29 is 4.74 Å².